The molecule has 11 heteroatoms. The maximum Gasteiger partial charge on any atom is 0.416 e. The van der Waals surface area contributed by atoms with Gasteiger partial charge in [-0.05, 0) is 37.3 Å². The van der Waals surface area contributed by atoms with Crippen LogP contribution in [0.15, 0.2) is 52.1 Å². The quantitative estimate of drug-likeness (QED) is 0.553. The number of amides is 1. The minimum Gasteiger partial charge on any atom is -0.467 e. The Morgan fingerprint density at radius 1 is 1.18 bits per heavy atom. The molecule has 0 aliphatic carbocycles. The number of hydrogen-bond acceptors (Lipinski definition) is 7. The number of piperazine rings is 1. The number of carbonyl (C=O) groups excluding carboxylic acids is 2. The number of rotatable bonds is 4. The Morgan fingerprint density at radius 3 is 2.55 bits per heavy atom. The van der Waals surface area contributed by atoms with Crippen LogP contribution in [0.5, 0.6) is 0 Å². The molecule has 0 radical (unpaired) electrons. The molecule has 2 unspecified atom stereocenters. The van der Waals surface area contributed by atoms with Crippen molar-refractivity contribution < 1.29 is 31.9 Å². The topological polar surface area (TPSA) is 87.4 Å². The molecule has 0 saturated carbocycles. The lowest BCUT2D eigenvalue weighted by Crippen LogP contribution is -2.57. The molecule has 2 aliphatic rings. The monoisotopic (exact) mass is 464 g/mol. The zero-order valence-electron chi connectivity index (χ0n) is 17.8. The molecule has 1 fully saturated rings. The zero-order valence-corrected chi connectivity index (χ0v) is 17.8. The summed E-state index contributed by atoms with van der Waals surface area (Å²) in [5, 5.41) is 2.68. The summed E-state index contributed by atoms with van der Waals surface area (Å²) >= 11 is 0. The van der Waals surface area contributed by atoms with Crippen LogP contribution >= 0.6 is 0 Å². The first kappa shape index (κ1) is 22.7. The number of furan rings is 1. The highest BCUT2D eigenvalue weighted by atomic mass is 19.4. The molecule has 176 valence electrons. The van der Waals surface area contributed by atoms with Crippen LogP contribution < -0.4 is 10.2 Å². The highest BCUT2D eigenvalue weighted by Gasteiger charge is 2.43. The Morgan fingerprint density at radius 2 is 1.91 bits per heavy atom. The number of nitrogens with one attached hydrogen (secondary N) is 1. The van der Waals surface area contributed by atoms with Crippen LogP contribution in [-0.2, 0) is 20.5 Å². The fraction of sp³-hybridized carbons (Fsp3) is 0.409. The molecule has 8 nitrogen and oxygen atoms in total. The maximum atomic E-state index is 13.0. The summed E-state index contributed by atoms with van der Waals surface area (Å²) < 4.78 is 49.6. The molecule has 1 aromatic carbocycles. The fourth-order valence-electron chi connectivity index (χ4n) is 3.94. The van der Waals surface area contributed by atoms with Gasteiger partial charge in [-0.1, -0.05) is 6.07 Å². The van der Waals surface area contributed by atoms with Crippen LogP contribution in [0.3, 0.4) is 0 Å². The second-order valence-corrected chi connectivity index (χ2v) is 7.65. The number of alkyl halides is 3. The summed E-state index contributed by atoms with van der Waals surface area (Å²) in [5.41, 5.74) is -0.215. The Bertz CT molecular complexity index is 1030. The lowest BCUT2D eigenvalue weighted by Gasteiger charge is -2.39. The lowest BCUT2D eigenvalue weighted by molar-refractivity contribution is -0.153. The zero-order chi connectivity index (χ0) is 23.6. The second-order valence-electron chi connectivity index (χ2n) is 7.65. The van der Waals surface area contributed by atoms with Crippen molar-refractivity contribution in [3.05, 3.63) is 54.0 Å². The Labute approximate surface area is 188 Å². The van der Waals surface area contributed by atoms with Gasteiger partial charge in [0.1, 0.15) is 11.8 Å². The minimum atomic E-state index is -4.41. The van der Waals surface area contributed by atoms with Crippen LogP contribution in [0.1, 0.15) is 24.3 Å². The van der Waals surface area contributed by atoms with Crippen LogP contribution in [0.25, 0.3) is 0 Å². The van der Waals surface area contributed by atoms with E-state index in [9.17, 15) is 22.8 Å². The van der Waals surface area contributed by atoms with Crippen molar-refractivity contribution in [3.63, 3.8) is 0 Å². The molecular formula is C22H23F3N4O4. The number of ether oxygens (including phenoxy) is 1. The standard InChI is InChI=1S/C22H23F3N4O4/c1-2-32-20(31)17-18(16-7-4-12-33-16)26-21(27-19(17)30)29-10-8-28(9-11-29)15-6-3-5-14(13-15)22(23,24)25/h3-7,12-13,17-18H,2,8-11H2,1H3,(H,26,27,30). The number of aliphatic imine (C=N–C) groups is 1. The Balaban J connectivity index is 1.50. The van der Waals surface area contributed by atoms with Crippen LogP contribution in [0.4, 0.5) is 18.9 Å². The first-order valence-electron chi connectivity index (χ1n) is 10.5. The predicted molar refractivity (Wildman–Crippen MR) is 112 cm³/mol. The number of hydrogen-bond donors (Lipinski definition) is 1. The largest absolute Gasteiger partial charge is 0.467 e. The van der Waals surface area contributed by atoms with Crippen LogP contribution in [0.2, 0.25) is 0 Å². The molecule has 2 aliphatic heterocycles. The summed E-state index contributed by atoms with van der Waals surface area (Å²) in [6, 6.07) is 7.62. The van der Waals surface area contributed by atoms with Gasteiger partial charge in [-0.2, -0.15) is 13.2 Å². The van der Waals surface area contributed by atoms with Crippen molar-refractivity contribution in [2.45, 2.75) is 19.1 Å². The van der Waals surface area contributed by atoms with Crippen molar-refractivity contribution in [3.8, 4) is 0 Å². The molecule has 33 heavy (non-hydrogen) atoms. The average Bonchev–Trinajstić information content (AvgIpc) is 3.33. The fourth-order valence-corrected chi connectivity index (χ4v) is 3.94. The van der Waals surface area contributed by atoms with Gasteiger partial charge in [-0.25, -0.2) is 4.99 Å². The van der Waals surface area contributed by atoms with E-state index in [1.54, 1.807) is 25.1 Å². The summed E-state index contributed by atoms with van der Waals surface area (Å²) in [6.07, 6.45) is -2.97. The van der Waals surface area contributed by atoms with Gasteiger partial charge in [0.05, 0.1) is 18.4 Å². The van der Waals surface area contributed by atoms with E-state index >= 15 is 0 Å². The minimum absolute atomic E-state index is 0.127. The molecule has 1 aromatic heterocycles. The molecule has 0 bridgehead atoms. The van der Waals surface area contributed by atoms with Gasteiger partial charge in [-0.15, -0.1) is 0 Å². The Hall–Kier alpha value is -3.50. The van der Waals surface area contributed by atoms with Gasteiger partial charge in [-0.3, -0.25) is 14.9 Å². The first-order chi connectivity index (χ1) is 15.8. The van der Waals surface area contributed by atoms with E-state index in [0.717, 1.165) is 12.1 Å². The first-order valence-corrected chi connectivity index (χ1v) is 10.5. The number of anilines is 1. The number of carbonyl (C=O) groups is 2. The SMILES string of the molecule is CCOC(=O)C1C(=O)NC(N2CCN(c3cccc(C(F)(F)F)c3)CC2)=NC1c1ccco1. The summed E-state index contributed by atoms with van der Waals surface area (Å²) in [6.45, 7) is 3.49. The van der Waals surface area contributed by atoms with Gasteiger partial charge in [0.2, 0.25) is 11.9 Å². The molecule has 1 amide bonds. The molecule has 1 N–H and O–H groups in total. The van der Waals surface area contributed by atoms with E-state index in [4.69, 9.17) is 9.15 Å². The van der Waals surface area contributed by atoms with E-state index in [1.165, 1.54) is 12.3 Å². The third-order valence-corrected chi connectivity index (χ3v) is 5.59. The van der Waals surface area contributed by atoms with Crippen LogP contribution in [-0.4, -0.2) is 55.5 Å². The number of benzene rings is 1. The molecule has 1 saturated heterocycles. The van der Waals surface area contributed by atoms with E-state index in [-0.39, 0.29) is 6.61 Å². The summed E-state index contributed by atoms with van der Waals surface area (Å²) in [5.74, 6) is -1.74. The van der Waals surface area contributed by atoms with E-state index in [0.29, 0.717) is 43.6 Å². The van der Waals surface area contributed by atoms with Crippen LogP contribution in [0, 0.1) is 5.92 Å². The number of esters is 1. The van der Waals surface area contributed by atoms with Gasteiger partial charge >= 0.3 is 12.1 Å². The summed E-state index contributed by atoms with van der Waals surface area (Å²) in [7, 11) is 0. The van der Waals surface area contributed by atoms with E-state index < -0.39 is 35.6 Å². The Kier molecular flexibility index (Phi) is 6.30. The smallest absolute Gasteiger partial charge is 0.416 e. The van der Waals surface area contributed by atoms with E-state index in [1.807, 2.05) is 9.80 Å². The van der Waals surface area contributed by atoms with Crippen molar-refractivity contribution in [1.29, 1.82) is 0 Å². The third-order valence-electron chi connectivity index (χ3n) is 5.59. The van der Waals surface area contributed by atoms with Crippen molar-refractivity contribution in [1.82, 2.24) is 10.2 Å². The molecule has 2 aromatic rings. The van der Waals surface area contributed by atoms with Gasteiger partial charge in [0.15, 0.2) is 5.92 Å². The lowest BCUT2D eigenvalue weighted by atomic mass is 9.95. The van der Waals surface area contributed by atoms with E-state index in [2.05, 4.69) is 10.3 Å². The maximum absolute atomic E-state index is 13.0. The molecule has 3 heterocycles. The van der Waals surface area contributed by atoms with Gasteiger partial charge < -0.3 is 19.0 Å². The number of guanidine groups is 1. The summed E-state index contributed by atoms with van der Waals surface area (Å²) in [4.78, 5) is 33.5. The third kappa shape index (κ3) is 4.81. The second kappa shape index (κ2) is 9.16. The molecule has 0 spiro atoms. The number of nitrogens with zero attached hydrogens (tertiary/aromatic N) is 3. The van der Waals surface area contributed by atoms with Gasteiger partial charge in [0.25, 0.3) is 0 Å². The number of halogens is 3. The molecular weight excluding hydrogens is 441 g/mol. The molecule has 2 atom stereocenters. The molecule has 4 rings (SSSR count). The van der Waals surface area contributed by atoms with Gasteiger partial charge in [0, 0.05) is 31.9 Å². The van der Waals surface area contributed by atoms with Crippen molar-refractivity contribution in [2.24, 2.45) is 10.9 Å². The van der Waals surface area contributed by atoms with Crippen molar-refractivity contribution in [2.75, 3.05) is 37.7 Å². The van der Waals surface area contributed by atoms with Crippen molar-refractivity contribution >= 4 is 23.5 Å². The predicted octanol–water partition coefficient (Wildman–Crippen LogP) is 2.83. The normalized spacial score (nSPS) is 21.5. The highest BCUT2D eigenvalue weighted by molar-refractivity contribution is 6.08. The highest BCUT2D eigenvalue weighted by Crippen LogP contribution is 2.33. The average molecular weight is 464 g/mol.